The fourth-order valence-electron chi connectivity index (χ4n) is 3.53. The Kier molecular flexibility index (Phi) is 7.52. The van der Waals surface area contributed by atoms with Gasteiger partial charge >= 0.3 is 17.9 Å². The van der Waals surface area contributed by atoms with Gasteiger partial charge in [0.2, 0.25) is 6.23 Å². The molecule has 0 N–H and O–H groups in total. The second kappa shape index (κ2) is 10.3. The zero-order chi connectivity index (χ0) is 23.3. The Balaban J connectivity index is 1.90. The molecular formula is C21H26N4O7. The van der Waals surface area contributed by atoms with Crippen molar-refractivity contribution in [2.24, 2.45) is 5.92 Å². The van der Waals surface area contributed by atoms with E-state index in [1.54, 1.807) is 6.92 Å². The van der Waals surface area contributed by atoms with E-state index in [-0.39, 0.29) is 6.61 Å². The lowest BCUT2D eigenvalue weighted by molar-refractivity contribution is -0.253. The van der Waals surface area contributed by atoms with Crippen LogP contribution in [0.3, 0.4) is 0 Å². The first kappa shape index (κ1) is 23.3. The van der Waals surface area contributed by atoms with Gasteiger partial charge in [-0.1, -0.05) is 37.3 Å². The summed E-state index contributed by atoms with van der Waals surface area (Å²) in [5.41, 5.74) is 0.993. The second-order valence-electron chi connectivity index (χ2n) is 7.56. The SMILES string of the molecule is CC(=O)OCC1OC(n2nnc(Cc3ccccc3)n2)C(OC(C)=O)C(OC(C)=O)C1C. The Morgan fingerprint density at radius 2 is 1.66 bits per heavy atom. The highest BCUT2D eigenvalue weighted by Gasteiger charge is 2.50. The van der Waals surface area contributed by atoms with E-state index in [1.165, 1.54) is 25.6 Å². The topological polar surface area (TPSA) is 132 Å². The van der Waals surface area contributed by atoms with E-state index in [2.05, 4.69) is 15.4 Å². The molecule has 5 unspecified atom stereocenters. The van der Waals surface area contributed by atoms with Crippen LogP contribution in [0.1, 0.15) is 45.3 Å². The van der Waals surface area contributed by atoms with Crippen LogP contribution >= 0.6 is 0 Å². The summed E-state index contributed by atoms with van der Waals surface area (Å²) < 4.78 is 22.1. The number of carbonyl (C=O) groups excluding carboxylic acids is 3. The van der Waals surface area contributed by atoms with Crippen molar-refractivity contribution >= 4 is 17.9 Å². The molecular weight excluding hydrogens is 420 g/mol. The van der Waals surface area contributed by atoms with Crippen LogP contribution in [0.15, 0.2) is 30.3 Å². The normalized spacial score (nSPS) is 25.1. The Morgan fingerprint density at radius 1 is 1.00 bits per heavy atom. The van der Waals surface area contributed by atoms with E-state index < -0.39 is 48.4 Å². The van der Waals surface area contributed by atoms with Gasteiger partial charge in [0.1, 0.15) is 18.8 Å². The molecule has 2 aromatic rings. The highest BCUT2D eigenvalue weighted by atomic mass is 16.6. The predicted octanol–water partition coefficient (Wildman–Crippen LogP) is 1.22. The number of aromatic nitrogens is 4. The fraction of sp³-hybridized carbons (Fsp3) is 0.524. The predicted molar refractivity (Wildman–Crippen MR) is 108 cm³/mol. The molecule has 0 amide bonds. The average Bonchev–Trinajstić information content (AvgIpc) is 3.18. The van der Waals surface area contributed by atoms with Crippen LogP contribution in [-0.4, -0.2) is 63.0 Å². The molecule has 5 atom stereocenters. The maximum absolute atomic E-state index is 11.8. The minimum absolute atomic E-state index is 0.0802. The molecule has 0 bridgehead atoms. The van der Waals surface area contributed by atoms with E-state index in [1.807, 2.05) is 30.3 Å². The first-order valence-corrected chi connectivity index (χ1v) is 10.2. The lowest BCUT2D eigenvalue weighted by atomic mass is 9.90. The van der Waals surface area contributed by atoms with Crippen LogP contribution < -0.4 is 0 Å². The molecule has 1 aromatic carbocycles. The average molecular weight is 446 g/mol. The zero-order valence-electron chi connectivity index (χ0n) is 18.3. The number of ether oxygens (including phenoxy) is 4. The van der Waals surface area contributed by atoms with E-state index >= 15 is 0 Å². The van der Waals surface area contributed by atoms with Crippen molar-refractivity contribution in [1.29, 1.82) is 0 Å². The van der Waals surface area contributed by atoms with Gasteiger partial charge in [0.05, 0.1) is 0 Å². The zero-order valence-corrected chi connectivity index (χ0v) is 18.3. The minimum atomic E-state index is -1.04. The lowest BCUT2D eigenvalue weighted by Gasteiger charge is -2.43. The maximum Gasteiger partial charge on any atom is 0.303 e. The van der Waals surface area contributed by atoms with Gasteiger partial charge in [-0.2, -0.15) is 0 Å². The minimum Gasteiger partial charge on any atom is -0.463 e. The van der Waals surface area contributed by atoms with Crippen molar-refractivity contribution in [3.05, 3.63) is 41.7 Å². The molecule has 11 heteroatoms. The summed E-state index contributed by atoms with van der Waals surface area (Å²) >= 11 is 0. The summed E-state index contributed by atoms with van der Waals surface area (Å²) in [4.78, 5) is 36.1. The number of nitrogens with zero attached hydrogens (tertiary/aromatic N) is 4. The molecule has 1 fully saturated rings. The summed E-state index contributed by atoms with van der Waals surface area (Å²) in [6.07, 6.45) is -3.18. The molecule has 1 aliphatic heterocycles. The van der Waals surface area contributed by atoms with E-state index in [4.69, 9.17) is 18.9 Å². The van der Waals surface area contributed by atoms with Crippen molar-refractivity contribution in [2.45, 2.75) is 58.7 Å². The van der Waals surface area contributed by atoms with Gasteiger partial charge in [-0.3, -0.25) is 14.4 Å². The summed E-state index contributed by atoms with van der Waals surface area (Å²) in [5.74, 6) is -1.64. The number of hydrogen-bond donors (Lipinski definition) is 0. The molecule has 3 rings (SSSR count). The Hall–Kier alpha value is -3.34. The smallest absolute Gasteiger partial charge is 0.303 e. The van der Waals surface area contributed by atoms with Gasteiger partial charge in [-0.25, -0.2) is 0 Å². The molecule has 1 aromatic heterocycles. The highest BCUT2D eigenvalue weighted by Crippen LogP contribution is 2.35. The maximum atomic E-state index is 11.8. The van der Waals surface area contributed by atoms with Crippen LogP contribution in [0.2, 0.25) is 0 Å². The van der Waals surface area contributed by atoms with Crippen molar-refractivity contribution in [1.82, 2.24) is 20.2 Å². The van der Waals surface area contributed by atoms with Crippen LogP contribution in [0, 0.1) is 5.92 Å². The van der Waals surface area contributed by atoms with Crippen LogP contribution in [-0.2, 0) is 39.8 Å². The summed E-state index contributed by atoms with van der Waals surface area (Å²) in [5, 5.41) is 12.5. The van der Waals surface area contributed by atoms with E-state index in [0.29, 0.717) is 12.2 Å². The molecule has 0 saturated carbocycles. The number of tetrazole rings is 1. The molecule has 1 aliphatic rings. The van der Waals surface area contributed by atoms with Gasteiger partial charge in [-0.05, 0) is 10.8 Å². The van der Waals surface area contributed by atoms with Crippen LogP contribution in [0.5, 0.6) is 0 Å². The number of hydrogen-bond acceptors (Lipinski definition) is 10. The molecule has 0 radical (unpaired) electrons. The molecule has 32 heavy (non-hydrogen) atoms. The van der Waals surface area contributed by atoms with Crippen molar-refractivity contribution in [2.75, 3.05) is 6.61 Å². The number of esters is 3. The van der Waals surface area contributed by atoms with Crippen molar-refractivity contribution in [3.8, 4) is 0 Å². The summed E-state index contributed by atoms with van der Waals surface area (Å²) in [6, 6.07) is 9.60. The van der Waals surface area contributed by atoms with Crippen LogP contribution in [0.25, 0.3) is 0 Å². The second-order valence-corrected chi connectivity index (χ2v) is 7.56. The number of rotatable bonds is 7. The molecule has 0 aliphatic carbocycles. The summed E-state index contributed by atoms with van der Waals surface area (Å²) in [6.45, 7) is 5.46. The quantitative estimate of drug-likeness (QED) is 0.452. The number of benzene rings is 1. The monoisotopic (exact) mass is 446 g/mol. The largest absolute Gasteiger partial charge is 0.463 e. The third-order valence-electron chi connectivity index (χ3n) is 4.98. The molecule has 172 valence electrons. The molecule has 1 saturated heterocycles. The van der Waals surface area contributed by atoms with E-state index in [9.17, 15) is 14.4 Å². The fourth-order valence-corrected chi connectivity index (χ4v) is 3.53. The van der Waals surface area contributed by atoms with E-state index in [0.717, 1.165) is 5.56 Å². The lowest BCUT2D eigenvalue weighted by Crippen LogP contribution is -2.56. The van der Waals surface area contributed by atoms with Gasteiger partial charge < -0.3 is 18.9 Å². The Bertz CT molecular complexity index is 949. The third kappa shape index (κ3) is 5.88. The van der Waals surface area contributed by atoms with Crippen molar-refractivity contribution < 1.29 is 33.3 Å². The number of carbonyl (C=O) groups is 3. The molecule has 0 spiro atoms. The standard InChI is InChI=1S/C21H26N4O7/c1-12-17(11-29-13(2)26)32-21(20(31-15(4)28)19(12)30-14(3)27)25-23-18(22-24-25)10-16-8-6-5-7-9-16/h5-9,12,17,19-21H,10-11H2,1-4H3. The molecule has 2 heterocycles. The first-order valence-electron chi connectivity index (χ1n) is 10.2. The van der Waals surface area contributed by atoms with Crippen molar-refractivity contribution in [3.63, 3.8) is 0 Å². The summed E-state index contributed by atoms with van der Waals surface area (Å²) in [7, 11) is 0. The van der Waals surface area contributed by atoms with Gasteiger partial charge in [0.25, 0.3) is 0 Å². The van der Waals surface area contributed by atoms with Crippen LogP contribution in [0.4, 0.5) is 0 Å². The highest BCUT2D eigenvalue weighted by molar-refractivity contribution is 5.67. The molecule has 11 nitrogen and oxygen atoms in total. The van der Waals surface area contributed by atoms with Gasteiger partial charge in [0.15, 0.2) is 11.9 Å². The Morgan fingerprint density at radius 3 is 2.28 bits per heavy atom. The third-order valence-corrected chi connectivity index (χ3v) is 4.98. The Labute approximate surface area is 185 Å². The first-order chi connectivity index (χ1) is 15.2. The van der Waals surface area contributed by atoms with Gasteiger partial charge in [-0.15, -0.1) is 15.0 Å². The van der Waals surface area contributed by atoms with Gasteiger partial charge in [0, 0.05) is 33.1 Å².